The number of nitrogens with one attached hydrogen (secondary N) is 1. The number of ether oxygens (including phenoxy) is 2. The Hall–Kier alpha value is -2.84. The molecular weight excluding hydrogens is 420 g/mol. The molecule has 8 heteroatoms. The van der Waals surface area contributed by atoms with Gasteiger partial charge in [0.15, 0.2) is 11.5 Å². The second-order valence-corrected chi connectivity index (χ2v) is 8.38. The van der Waals surface area contributed by atoms with Crippen molar-refractivity contribution in [2.75, 3.05) is 19.5 Å². The molecule has 1 saturated heterocycles. The molecule has 0 saturated carbocycles. The third-order valence-corrected chi connectivity index (χ3v) is 5.91. The maximum atomic E-state index is 13.0. The molecule has 156 valence electrons. The third-order valence-electron chi connectivity index (χ3n) is 4.58. The van der Waals surface area contributed by atoms with E-state index in [2.05, 4.69) is 5.32 Å². The van der Waals surface area contributed by atoms with Crippen LogP contribution in [0.3, 0.4) is 0 Å². The van der Waals surface area contributed by atoms with Gasteiger partial charge in [-0.15, -0.1) is 0 Å². The molecule has 2 aromatic carbocycles. The Balaban J connectivity index is 1.78. The number of aryl methyl sites for hydroxylation is 1. The molecule has 0 aromatic heterocycles. The summed E-state index contributed by atoms with van der Waals surface area (Å²) in [4.78, 5) is 27.5. The SMILES string of the molecule is COc1ccc(/C=C2\SC(=S)N(C(C)C(=O)Nc3cccc(C)c3)C2=O)cc1OC. The molecule has 1 atom stereocenters. The van der Waals surface area contributed by atoms with Gasteiger partial charge in [0.1, 0.15) is 10.4 Å². The number of nitrogens with zero attached hydrogens (tertiary/aromatic N) is 1. The molecule has 2 aromatic rings. The van der Waals surface area contributed by atoms with E-state index < -0.39 is 6.04 Å². The van der Waals surface area contributed by atoms with Gasteiger partial charge in [-0.1, -0.05) is 42.2 Å². The molecule has 1 unspecified atom stereocenters. The number of carbonyl (C=O) groups is 2. The number of hydrogen-bond donors (Lipinski definition) is 1. The summed E-state index contributed by atoms with van der Waals surface area (Å²) in [6.07, 6.45) is 1.73. The highest BCUT2D eigenvalue weighted by molar-refractivity contribution is 8.26. The summed E-state index contributed by atoms with van der Waals surface area (Å²) in [5.74, 6) is 0.562. The molecule has 1 aliphatic heterocycles. The zero-order valence-corrected chi connectivity index (χ0v) is 18.7. The molecule has 0 spiro atoms. The summed E-state index contributed by atoms with van der Waals surface area (Å²) in [5.41, 5.74) is 2.48. The maximum absolute atomic E-state index is 13.0. The Morgan fingerprint density at radius 2 is 1.90 bits per heavy atom. The van der Waals surface area contributed by atoms with Gasteiger partial charge < -0.3 is 14.8 Å². The first-order chi connectivity index (χ1) is 14.3. The number of anilines is 1. The van der Waals surface area contributed by atoms with Crippen molar-refractivity contribution in [1.82, 2.24) is 4.90 Å². The molecule has 1 aliphatic rings. The van der Waals surface area contributed by atoms with Crippen molar-refractivity contribution >= 4 is 51.9 Å². The molecule has 0 aliphatic carbocycles. The van der Waals surface area contributed by atoms with Crippen LogP contribution in [0, 0.1) is 6.92 Å². The monoisotopic (exact) mass is 442 g/mol. The van der Waals surface area contributed by atoms with E-state index in [-0.39, 0.29) is 11.8 Å². The van der Waals surface area contributed by atoms with Gasteiger partial charge in [0.2, 0.25) is 5.91 Å². The first kappa shape index (κ1) is 21.9. The number of methoxy groups -OCH3 is 2. The Bertz CT molecular complexity index is 1040. The van der Waals surface area contributed by atoms with Crippen molar-refractivity contribution < 1.29 is 19.1 Å². The Labute approximate surface area is 185 Å². The zero-order chi connectivity index (χ0) is 21.8. The first-order valence-electron chi connectivity index (χ1n) is 9.20. The van der Waals surface area contributed by atoms with Crippen molar-refractivity contribution in [3.63, 3.8) is 0 Å². The lowest BCUT2D eigenvalue weighted by atomic mass is 10.1. The van der Waals surface area contributed by atoms with Crippen LogP contribution in [0.1, 0.15) is 18.1 Å². The largest absolute Gasteiger partial charge is 0.493 e. The summed E-state index contributed by atoms with van der Waals surface area (Å²) >= 11 is 6.55. The van der Waals surface area contributed by atoms with Gasteiger partial charge >= 0.3 is 0 Å². The maximum Gasteiger partial charge on any atom is 0.266 e. The van der Waals surface area contributed by atoms with Crippen molar-refractivity contribution in [3.8, 4) is 11.5 Å². The van der Waals surface area contributed by atoms with Gasteiger partial charge in [-0.3, -0.25) is 14.5 Å². The Kier molecular flexibility index (Phi) is 6.79. The van der Waals surface area contributed by atoms with Gasteiger partial charge in [0, 0.05) is 5.69 Å². The molecule has 0 bridgehead atoms. The van der Waals surface area contributed by atoms with Crippen LogP contribution in [0.25, 0.3) is 6.08 Å². The van der Waals surface area contributed by atoms with Crippen LogP contribution < -0.4 is 14.8 Å². The van der Waals surface area contributed by atoms with Crippen molar-refractivity contribution in [2.45, 2.75) is 19.9 Å². The molecular formula is C22H22N2O4S2. The van der Waals surface area contributed by atoms with Crippen LogP contribution in [0.2, 0.25) is 0 Å². The van der Waals surface area contributed by atoms with Crippen molar-refractivity contribution in [3.05, 3.63) is 58.5 Å². The first-order valence-corrected chi connectivity index (χ1v) is 10.4. The highest BCUT2D eigenvalue weighted by Crippen LogP contribution is 2.35. The fourth-order valence-corrected chi connectivity index (χ4v) is 4.41. The number of thioether (sulfide) groups is 1. The fourth-order valence-electron chi connectivity index (χ4n) is 2.99. The van der Waals surface area contributed by atoms with E-state index in [1.165, 1.54) is 16.7 Å². The summed E-state index contributed by atoms with van der Waals surface area (Å²) in [5, 5.41) is 2.84. The van der Waals surface area contributed by atoms with E-state index in [0.717, 1.165) is 11.1 Å². The van der Waals surface area contributed by atoms with Gasteiger partial charge in [-0.2, -0.15) is 0 Å². The highest BCUT2D eigenvalue weighted by atomic mass is 32.2. The molecule has 1 heterocycles. The fraction of sp³-hybridized carbons (Fsp3) is 0.227. The third kappa shape index (κ3) is 4.66. The average Bonchev–Trinajstić information content (AvgIpc) is 3.00. The van der Waals surface area contributed by atoms with Crippen molar-refractivity contribution in [1.29, 1.82) is 0 Å². The van der Waals surface area contributed by atoms with Crippen LogP contribution in [0.15, 0.2) is 47.4 Å². The topological polar surface area (TPSA) is 67.9 Å². The molecule has 1 fully saturated rings. The lowest BCUT2D eigenvalue weighted by Crippen LogP contribution is -2.44. The predicted octanol–water partition coefficient (Wildman–Crippen LogP) is 4.24. The van der Waals surface area contributed by atoms with Crippen LogP contribution in [-0.4, -0.2) is 41.3 Å². The zero-order valence-electron chi connectivity index (χ0n) is 17.1. The van der Waals surface area contributed by atoms with Crippen LogP contribution in [0.4, 0.5) is 5.69 Å². The van der Waals surface area contributed by atoms with Gasteiger partial charge in [-0.25, -0.2) is 0 Å². The molecule has 30 heavy (non-hydrogen) atoms. The van der Waals surface area contributed by atoms with Crippen molar-refractivity contribution in [2.24, 2.45) is 0 Å². The lowest BCUT2D eigenvalue weighted by Gasteiger charge is -2.22. The summed E-state index contributed by atoms with van der Waals surface area (Å²) in [6.45, 7) is 3.61. The summed E-state index contributed by atoms with van der Waals surface area (Å²) < 4.78 is 10.9. The number of hydrogen-bond acceptors (Lipinski definition) is 6. The van der Waals surface area contributed by atoms with E-state index >= 15 is 0 Å². The molecule has 2 amide bonds. The molecule has 6 nitrogen and oxygen atoms in total. The smallest absolute Gasteiger partial charge is 0.266 e. The summed E-state index contributed by atoms with van der Waals surface area (Å²) in [6, 6.07) is 12.1. The minimum absolute atomic E-state index is 0.299. The molecule has 1 N–H and O–H groups in total. The second-order valence-electron chi connectivity index (χ2n) is 6.70. The van der Waals surface area contributed by atoms with E-state index in [4.69, 9.17) is 21.7 Å². The van der Waals surface area contributed by atoms with E-state index in [1.807, 2.05) is 31.2 Å². The quantitative estimate of drug-likeness (QED) is 0.533. The number of amides is 2. The van der Waals surface area contributed by atoms with E-state index in [9.17, 15) is 9.59 Å². The molecule has 0 radical (unpaired) electrons. The standard InChI is InChI=1S/C22H22N2O4S2/c1-13-6-5-7-16(10-13)23-20(25)14(2)24-21(26)19(30-22(24)29)12-15-8-9-17(27-3)18(11-15)28-4/h5-12,14H,1-4H3,(H,23,25)/b19-12-. The highest BCUT2D eigenvalue weighted by Gasteiger charge is 2.38. The molecule has 3 rings (SSSR count). The average molecular weight is 443 g/mol. The summed E-state index contributed by atoms with van der Waals surface area (Å²) in [7, 11) is 3.11. The van der Waals surface area contributed by atoms with Gasteiger partial charge in [0.25, 0.3) is 5.91 Å². The number of rotatable bonds is 6. The number of carbonyl (C=O) groups excluding carboxylic acids is 2. The number of thiocarbonyl (C=S) groups is 1. The normalized spacial score (nSPS) is 16.0. The number of benzene rings is 2. The predicted molar refractivity (Wildman–Crippen MR) is 124 cm³/mol. The van der Waals surface area contributed by atoms with E-state index in [0.29, 0.717) is 26.4 Å². The van der Waals surface area contributed by atoms with Crippen LogP contribution in [0.5, 0.6) is 11.5 Å². The van der Waals surface area contributed by atoms with Gasteiger partial charge in [-0.05, 0) is 55.3 Å². The Morgan fingerprint density at radius 3 is 2.57 bits per heavy atom. The van der Waals surface area contributed by atoms with E-state index in [1.54, 1.807) is 45.4 Å². The minimum Gasteiger partial charge on any atom is -0.493 e. The van der Waals surface area contributed by atoms with Gasteiger partial charge in [0.05, 0.1) is 19.1 Å². The lowest BCUT2D eigenvalue weighted by molar-refractivity contribution is -0.129. The minimum atomic E-state index is -0.741. The second kappa shape index (κ2) is 9.32. The van der Waals surface area contributed by atoms with Crippen LogP contribution in [-0.2, 0) is 9.59 Å². The Morgan fingerprint density at radius 1 is 1.17 bits per heavy atom. The van der Waals surface area contributed by atoms with Crippen LogP contribution >= 0.6 is 24.0 Å².